The van der Waals surface area contributed by atoms with Gasteiger partial charge in [-0.05, 0) is 36.2 Å². The van der Waals surface area contributed by atoms with Gasteiger partial charge in [-0.25, -0.2) is 0 Å². The first-order valence-corrected chi connectivity index (χ1v) is 6.43. The molecule has 3 nitrogen and oxygen atoms in total. The normalized spacial score (nSPS) is 12.3. The molecule has 2 rings (SSSR count). The summed E-state index contributed by atoms with van der Waals surface area (Å²) in [6.07, 6.45) is 6.55. The summed E-state index contributed by atoms with van der Waals surface area (Å²) in [5.41, 5.74) is 3.55. The Labute approximate surface area is 108 Å². The highest BCUT2D eigenvalue weighted by Crippen LogP contribution is 2.22. The third-order valence-electron chi connectivity index (χ3n) is 3.01. The molecule has 0 aliphatic heterocycles. The molecule has 1 atom stereocenters. The molecule has 0 aromatic carbocycles. The monoisotopic (exact) mass is 241 g/mol. The van der Waals surface area contributed by atoms with E-state index in [1.807, 2.05) is 24.5 Å². The van der Waals surface area contributed by atoms with Crippen molar-refractivity contribution in [2.45, 2.75) is 26.3 Å². The maximum atomic E-state index is 4.55. The number of aromatic nitrogens is 2. The highest BCUT2D eigenvalue weighted by atomic mass is 14.9. The molecule has 3 heteroatoms. The van der Waals surface area contributed by atoms with Gasteiger partial charge >= 0.3 is 0 Å². The van der Waals surface area contributed by atoms with Crippen LogP contribution in [0.2, 0.25) is 0 Å². The van der Waals surface area contributed by atoms with E-state index in [9.17, 15) is 0 Å². The molecule has 18 heavy (non-hydrogen) atoms. The molecule has 1 N–H and O–H groups in total. The van der Waals surface area contributed by atoms with Gasteiger partial charge in [0.05, 0.1) is 11.7 Å². The fourth-order valence-corrected chi connectivity index (χ4v) is 2.13. The summed E-state index contributed by atoms with van der Waals surface area (Å²) in [6.45, 7) is 5.17. The van der Waals surface area contributed by atoms with E-state index in [1.165, 1.54) is 5.56 Å². The van der Waals surface area contributed by atoms with E-state index in [1.54, 1.807) is 6.20 Å². The van der Waals surface area contributed by atoms with Crippen molar-refractivity contribution in [2.75, 3.05) is 6.54 Å². The molecule has 0 spiro atoms. The fraction of sp³-hybridized carbons (Fsp3) is 0.333. The van der Waals surface area contributed by atoms with Crippen LogP contribution in [0.4, 0.5) is 0 Å². The van der Waals surface area contributed by atoms with Crippen LogP contribution < -0.4 is 5.32 Å². The third kappa shape index (κ3) is 2.74. The Morgan fingerprint density at radius 3 is 2.67 bits per heavy atom. The minimum absolute atomic E-state index is 0.125. The SMILES string of the molecule is CCNC(c1cccnc1)c1ncccc1CC. The van der Waals surface area contributed by atoms with Crippen molar-refractivity contribution < 1.29 is 0 Å². The minimum atomic E-state index is 0.125. The van der Waals surface area contributed by atoms with Gasteiger partial charge in [-0.1, -0.05) is 26.0 Å². The highest BCUT2D eigenvalue weighted by Gasteiger charge is 2.16. The molecule has 0 radical (unpaired) electrons. The van der Waals surface area contributed by atoms with Gasteiger partial charge in [0.2, 0.25) is 0 Å². The summed E-state index contributed by atoms with van der Waals surface area (Å²) in [6, 6.07) is 8.32. The highest BCUT2D eigenvalue weighted by molar-refractivity contribution is 5.31. The lowest BCUT2D eigenvalue weighted by Gasteiger charge is -2.20. The van der Waals surface area contributed by atoms with Crippen LogP contribution >= 0.6 is 0 Å². The second kappa shape index (κ2) is 6.26. The van der Waals surface area contributed by atoms with Gasteiger partial charge < -0.3 is 5.32 Å². The first-order valence-electron chi connectivity index (χ1n) is 6.43. The van der Waals surface area contributed by atoms with E-state index in [0.29, 0.717) is 0 Å². The third-order valence-corrected chi connectivity index (χ3v) is 3.01. The molecule has 1 unspecified atom stereocenters. The Bertz CT molecular complexity index is 482. The average molecular weight is 241 g/mol. The fourth-order valence-electron chi connectivity index (χ4n) is 2.13. The van der Waals surface area contributed by atoms with Crippen LogP contribution in [-0.2, 0) is 6.42 Å². The Morgan fingerprint density at radius 2 is 2.00 bits per heavy atom. The van der Waals surface area contributed by atoms with Crippen molar-refractivity contribution >= 4 is 0 Å². The molecule has 0 aliphatic rings. The molecule has 0 fully saturated rings. The minimum Gasteiger partial charge on any atom is -0.305 e. The predicted octanol–water partition coefficient (Wildman–Crippen LogP) is 2.74. The van der Waals surface area contributed by atoms with Crippen LogP contribution in [0, 0.1) is 0 Å². The second-order valence-corrected chi connectivity index (χ2v) is 4.18. The van der Waals surface area contributed by atoms with Crippen molar-refractivity contribution in [3.8, 4) is 0 Å². The summed E-state index contributed by atoms with van der Waals surface area (Å²) in [4.78, 5) is 8.76. The molecule has 94 valence electrons. The maximum absolute atomic E-state index is 4.55. The van der Waals surface area contributed by atoms with E-state index in [4.69, 9.17) is 0 Å². The van der Waals surface area contributed by atoms with Gasteiger partial charge in [0.25, 0.3) is 0 Å². The Kier molecular flexibility index (Phi) is 4.42. The molecule has 2 heterocycles. The predicted molar refractivity (Wildman–Crippen MR) is 73.4 cm³/mol. The number of rotatable bonds is 5. The number of nitrogens with one attached hydrogen (secondary N) is 1. The van der Waals surface area contributed by atoms with Crippen LogP contribution in [0.3, 0.4) is 0 Å². The van der Waals surface area contributed by atoms with Crippen molar-refractivity contribution in [3.63, 3.8) is 0 Å². The van der Waals surface area contributed by atoms with Crippen LogP contribution in [0.1, 0.15) is 36.7 Å². The van der Waals surface area contributed by atoms with E-state index in [0.717, 1.165) is 24.2 Å². The molecule has 0 saturated heterocycles. The van der Waals surface area contributed by atoms with Crippen molar-refractivity contribution in [2.24, 2.45) is 0 Å². The van der Waals surface area contributed by atoms with Gasteiger partial charge in [0.15, 0.2) is 0 Å². The summed E-state index contributed by atoms with van der Waals surface area (Å²) in [5.74, 6) is 0. The van der Waals surface area contributed by atoms with E-state index in [-0.39, 0.29) is 6.04 Å². The smallest absolute Gasteiger partial charge is 0.0769 e. The maximum Gasteiger partial charge on any atom is 0.0769 e. The number of aryl methyl sites for hydroxylation is 1. The van der Waals surface area contributed by atoms with Crippen LogP contribution in [0.25, 0.3) is 0 Å². The first kappa shape index (κ1) is 12.7. The van der Waals surface area contributed by atoms with E-state index >= 15 is 0 Å². The number of hydrogen-bond donors (Lipinski definition) is 1. The van der Waals surface area contributed by atoms with Crippen LogP contribution in [-0.4, -0.2) is 16.5 Å². The zero-order chi connectivity index (χ0) is 12.8. The molecule has 0 bridgehead atoms. The summed E-state index contributed by atoms with van der Waals surface area (Å²) < 4.78 is 0. The number of nitrogens with zero attached hydrogens (tertiary/aromatic N) is 2. The Hall–Kier alpha value is -1.74. The molecule has 0 aliphatic carbocycles. The quantitative estimate of drug-likeness (QED) is 0.874. The van der Waals surface area contributed by atoms with Gasteiger partial charge in [-0.2, -0.15) is 0 Å². The molecular formula is C15H19N3. The summed E-state index contributed by atoms with van der Waals surface area (Å²) in [5, 5.41) is 3.49. The first-order chi connectivity index (χ1) is 8.86. The van der Waals surface area contributed by atoms with Crippen molar-refractivity contribution in [1.29, 1.82) is 0 Å². The number of pyridine rings is 2. The van der Waals surface area contributed by atoms with E-state index in [2.05, 4.69) is 41.3 Å². The van der Waals surface area contributed by atoms with Gasteiger partial charge in [0, 0.05) is 18.6 Å². The lowest BCUT2D eigenvalue weighted by Crippen LogP contribution is -2.24. The number of hydrogen-bond acceptors (Lipinski definition) is 3. The van der Waals surface area contributed by atoms with Gasteiger partial charge in [-0.15, -0.1) is 0 Å². The standard InChI is InChI=1S/C15H19N3/c1-3-12-7-6-10-18-14(12)15(17-4-2)13-8-5-9-16-11-13/h5-11,15,17H,3-4H2,1-2H3. The molecule has 2 aromatic heterocycles. The Balaban J connectivity index is 2.41. The lowest BCUT2D eigenvalue weighted by atomic mass is 9.99. The molecule has 0 saturated carbocycles. The lowest BCUT2D eigenvalue weighted by molar-refractivity contribution is 0.607. The second-order valence-electron chi connectivity index (χ2n) is 4.18. The van der Waals surface area contributed by atoms with Crippen LogP contribution in [0.15, 0.2) is 42.9 Å². The summed E-state index contributed by atoms with van der Waals surface area (Å²) in [7, 11) is 0. The average Bonchev–Trinajstić information content (AvgIpc) is 2.46. The van der Waals surface area contributed by atoms with Crippen molar-refractivity contribution in [1.82, 2.24) is 15.3 Å². The zero-order valence-electron chi connectivity index (χ0n) is 10.9. The molecule has 0 amide bonds. The van der Waals surface area contributed by atoms with Crippen molar-refractivity contribution in [3.05, 3.63) is 59.7 Å². The zero-order valence-corrected chi connectivity index (χ0v) is 10.9. The topological polar surface area (TPSA) is 37.8 Å². The van der Waals surface area contributed by atoms with Crippen LogP contribution in [0.5, 0.6) is 0 Å². The molecular weight excluding hydrogens is 222 g/mol. The van der Waals surface area contributed by atoms with E-state index < -0.39 is 0 Å². The molecule has 2 aromatic rings. The largest absolute Gasteiger partial charge is 0.305 e. The Morgan fingerprint density at radius 1 is 1.17 bits per heavy atom. The summed E-state index contributed by atoms with van der Waals surface area (Å²) >= 11 is 0. The van der Waals surface area contributed by atoms with Gasteiger partial charge in [0.1, 0.15) is 0 Å². The van der Waals surface area contributed by atoms with Gasteiger partial charge in [-0.3, -0.25) is 9.97 Å².